The number of nitrogens with zero attached hydrogens (tertiary/aromatic N) is 2. The Morgan fingerprint density at radius 2 is 1.95 bits per heavy atom. The minimum Gasteiger partial charge on any atom is -0.307 e. The molecule has 0 aliphatic rings. The van der Waals surface area contributed by atoms with Crippen molar-refractivity contribution >= 4 is 0 Å². The lowest BCUT2D eigenvalue weighted by Crippen LogP contribution is -2.14. The average molecular weight is 271 g/mol. The van der Waals surface area contributed by atoms with Crippen molar-refractivity contribution in [2.24, 2.45) is 0 Å². The maximum atomic E-state index is 4.66. The number of nitrogens with one attached hydrogen (secondary N) is 1. The summed E-state index contributed by atoms with van der Waals surface area (Å²) in [4.78, 5) is 0. The van der Waals surface area contributed by atoms with Crippen molar-refractivity contribution in [1.29, 1.82) is 0 Å². The Kier molecular flexibility index (Phi) is 5.36. The summed E-state index contributed by atoms with van der Waals surface area (Å²) in [6, 6.07) is 11.2. The van der Waals surface area contributed by atoms with Gasteiger partial charge in [-0.25, -0.2) is 0 Å². The van der Waals surface area contributed by atoms with Crippen LogP contribution in [-0.2, 0) is 13.1 Å². The summed E-state index contributed by atoms with van der Waals surface area (Å²) in [5, 5.41) is 8.11. The van der Waals surface area contributed by atoms with E-state index in [0.29, 0.717) is 6.04 Å². The molecule has 1 N–H and O–H groups in total. The van der Waals surface area contributed by atoms with E-state index in [1.807, 2.05) is 0 Å². The Labute approximate surface area is 122 Å². The van der Waals surface area contributed by atoms with Gasteiger partial charge in [0.05, 0.1) is 11.7 Å². The molecule has 0 fully saturated rings. The number of hydrogen-bond donors (Lipinski definition) is 1. The van der Waals surface area contributed by atoms with E-state index in [4.69, 9.17) is 0 Å². The largest absolute Gasteiger partial charge is 0.307 e. The van der Waals surface area contributed by atoms with E-state index in [-0.39, 0.29) is 0 Å². The molecule has 108 valence electrons. The molecule has 2 rings (SSSR count). The number of aryl methyl sites for hydroxylation is 1. The van der Waals surface area contributed by atoms with Crippen LogP contribution in [0.2, 0.25) is 0 Å². The van der Waals surface area contributed by atoms with E-state index in [2.05, 4.69) is 72.4 Å². The first kappa shape index (κ1) is 14.8. The van der Waals surface area contributed by atoms with Crippen molar-refractivity contribution in [3.8, 4) is 0 Å². The van der Waals surface area contributed by atoms with Crippen molar-refractivity contribution in [2.45, 2.75) is 52.7 Å². The highest BCUT2D eigenvalue weighted by molar-refractivity contribution is 5.22. The van der Waals surface area contributed by atoms with Crippen LogP contribution in [0.3, 0.4) is 0 Å². The Hall–Kier alpha value is -1.61. The zero-order valence-corrected chi connectivity index (χ0v) is 12.8. The van der Waals surface area contributed by atoms with Gasteiger partial charge in [-0.3, -0.25) is 4.68 Å². The third-order valence-electron chi connectivity index (χ3n) is 3.70. The van der Waals surface area contributed by atoms with Gasteiger partial charge < -0.3 is 5.32 Å². The Bertz CT molecular complexity index is 527. The first-order valence-electron chi connectivity index (χ1n) is 7.53. The summed E-state index contributed by atoms with van der Waals surface area (Å²) in [7, 11) is 0. The highest BCUT2D eigenvalue weighted by atomic mass is 15.3. The van der Waals surface area contributed by atoms with Gasteiger partial charge in [-0.1, -0.05) is 43.7 Å². The summed E-state index contributed by atoms with van der Waals surface area (Å²) in [6.07, 6.45) is 4.37. The topological polar surface area (TPSA) is 29.9 Å². The fourth-order valence-corrected chi connectivity index (χ4v) is 2.49. The molecular weight excluding hydrogens is 246 g/mol. The predicted octanol–water partition coefficient (Wildman–Crippen LogP) is 3.84. The smallest absolute Gasteiger partial charge is 0.0762 e. The van der Waals surface area contributed by atoms with Crippen LogP contribution in [0, 0.1) is 6.92 Å². The molecule has 0 spiro atoms. The molecule has 1 heterocycles. The molecule has 3 heteroatoms. The third kappa shape index (κ3) is 3.94. The van der Waals surface area contributed by atoms with Crippen molar-refractivity contribution in [1.82, 2.24) is 15.1 Å². The van der Waals surface area contributed by atoms with Crippen LogP contribution in [0.1, 0.15) is 49.6 Å². The van der Waals surface area contributed by atoms with Crippen LogP contribution < -0.4 is 5.32 Å². The molecule has 0 radical (unpaired) electrons. The van der Waals surface area contributed by atoms with Crippen molar-refractivity contribution in [3.05, 3.63) is 53.3 Å². The highest BCUT2D eigenvalue weighted by Gasteiger charge is 2.07. The second kappa shape index (κ2) is 7.25. The van der Waals surface area contributed by atoms with Crippen molar-refractivity contribution < 1.29 is 0 Å². The second-order valence-electron chi connectivity index (χ2n) is 5.35. The minimum absolute atomic E-state index is 0.528. The number of benzene rings is 1. The van der Waals surface area contributed by atoms with Gasteiger partial charge in [0.15, 0.2) is 0 Å². The van der Waals surface area contributed by atoms with Crippen LogP contribution in [0.25, 0.3) is 0 Å². The first-order valence-corrected chi connectivity index (χ1v) is 7.53. The fraction of sp³-hybridized carbons (Fsp3) is 0.471. The van der Waals surface area contributed by atoms with Gasteiger partial charge >= 0.3 is 0 Å². The van der Waals surface area contributed by atoms with E-state index >= 15 is 0 Å². The summed E-state index contributed by atoms with van der Waals surface area (Å²) >= 11 is 0. The Morgan fingerprint density at radius 3 is 2.65 bits per heavy atom. The Morgan fingerprint density at radius 1 is 1.15 bits per heavy atom. The standard InChI is InChI=1S/C17H25N3/c1-4-17(5-2)20-10-9-16(19-20)13-18-12-15-8-6-7-14(3)11-15/h6-11,17-18H,4-5,12-13H2,1-3H3. The normalized spacial score (nSPS) is 11.2. The Balaban J connectivity index is 1.85. The summed E-state index contributed by atoms with van der Waals surface area (Å²) < 4.78 is 2.10. The zero-order valence-electron chi connectivity index (χ0n) is 12.8. The number of hydrogen-bond acceptors (Lipinski definition) is 2. The van der Waals surface area contributed by atoms with E-state index in [9.17, 15) is 0 Å². The third-order valence-corrected chi connectivity index (χ3v) is 3.70. The van der Waals surface area contributed by atoms with E-state index in [1.54, 1.807) is 0 Å². The summed E-state index contributed by atoms with van der Waals surface area (Å²) in [5.41, 5.74) is 3.75. The lowest BCUT2D eigenvalue weighted by Gasteiger charge is -2.12. The van der Waals surface area contributed by atoms with Crippen molar-refractivity contribution in [3.63, 3.8) is 0 Å². The average Bonchev–Trinajstić information content (AvgIpc) is 2.89. The van der Waals surface area contributed by atoms with Gasteiger partial charge in [0.25, 0.3) is 0 Å². The highest BCUT2D eigenvalue weighted by Crippen LogP contribution is 2.14. The molecule has 0 atom stereocenters. The van der Waals surface area contributed by atoms with E-state index < -0.39 is 0 Å². The molecule has 0 saturated heterocycles. The maximum absolute atomic E-state index is 4.66. The molecule has 1 aromatic heterocycles. The van der Waals surface area contributed by atoms with E-state index in [1.165, 1.54) is 11.1 Å². The van der Waals surface area contributed by atoms with Crippen LogP contribution in [0.15, 0.2) is 36.5 Å². The number of rotatable bonds is 7. The molecule has 2 aromatic rings. The van der Waals surface area contributed by atoms with Gasteiger partial charge in [-0.2, -0.15) is 5.10 Å². The van der Waals surface area contributed by atoms with Crippen LogP contribution in [-0.4, -0.2) is 9.78 Å². The molecule has 3 nitrogen and oxygen atoms in total. The van der Waals surface area contributed by atoms with Crippen LogP contribution >= 0.6 is 0 Å². The molecular formula is C17H25N3. The summed E-state index contributed by atoms with van der Waals surface area (Å²) in [5.74, 6) is 0. The SMILES string of the molecule is CCC(CC)n1ccc(CNCc2cccc(C)c2)n1. The quantitative estimate of drug-likeness (QED) is 0.829. The van der Waals surface area contributed by atoms with Gasteiger partial charge in [0.1, 0.15) is 0 Å². The molecule has 0 aliphatic heterocycles. The second-order valence-corrected chi connectivity index (χ2v) is 5.35. The zero-order chi connectivity index (χ0) is 14.4. The van der Waals surface area contributed by atoms with Gasteiger partial charge in [0, 0.05) is 19.3 Å². The predicted molar refractivity (Wildman–Crippen MR) is 83.6 cm³/mol. The molecule has 0 saturated carbocycles. The minimum atomic E-state index is 0.528. The lowest BCUT2D eigenvalue weighted by atomic mass is 10.1. The fourth-order valence-electron chi connectivity index (χ4n) is 2.49. The monoisotopic (exact) mass is 271 g/mol. The van der Waals surface area contributed by atoms with Gasteiger partial charge in [-0.15, -0.1) is 0 Å². The molecule has 1 aromatic carbocycles. The molecule has 20 heavy (non-hydrogen) atoms. The van der Waals surface area contributed by atoms with E-state index in [0.717, 1.165) is 31.6 Å². The van der Waals surface area contributed by atoms with Crippen LogP contribution in [0.4, 0.5) is 0 Å². The maximum Gasteiger partial charge on any atom is 0.0762 e. The van der Waals surface area contributed by atoms with Crippen LogP contribution in [0.5, 0.6) is 0 Å². The van der Waals surface area contributed by atoms with Gasteiger partial charge in [-0.05, 0) is 31.4 Å². The van der Waals surface area contributed by atoms with Gasteiger partial charge in [0.2, 0.25) is 0 Å². The number of aromatic nitrogens is 2. The molecule has 0 unspecified atom stereocenters. The lowest BCUT2D eigenvalue weighted by molar-refractivity contribution is 0.424. The van der Waals surface area contributed by atoms with Crippen molar-refractivity contribution in [2.75, 3.05) is 0 Å². The summed E-state index contributed by atoms with van der Waals surface area (Å²) in [6.45, 7) is 8.26. The molecule has 0 aliphatic carbocycles. The first-order chi connectivity index (χ1) is 9.72. The molecule has 0 amide bonds. The molecule has 0 bridgehead atoms.